The number of hydrogen-bond acceptors (Lipinski definition) is 4. The molecule has 7 heteroatoms. The molecule has 0 saturated carbocycles. The van der Waals surface area contributed by atoms with Crippen LogP contribution in [0, 0.1) is 0 Å². The van der Waals surface area contributed by atoms with Crippen LogP contribution in [0.25, 0.3) is 0 Å². The summed E-state index contributed by atoms with van der Waals surface area (Å²) in [6, 6.07) is 21.2. The average Bonchev–Trinajstić information content (AvgIpc) is 2.73. The third-order valence-corrected chi connectivity index (χ3v) is 7.13. The van der Waals surface area contributed by atoms with Gasteiger partial charge in [-0.1, -0.05) is 54.1 Å². The van der Waals surface area contributed by atoms with Crippen molar-refractivity contribution in [2.75, 3.05) is 10.6 Å². The van der Waals surface area contributed by atoms with Crippen LogP contribution in [-0.4, -0.2) is 19.6 Å². The fourth-order valence-electron chi connectivity index (χ4n) is 2.88. The summed E-state index contributed by atoms with van der Waals surface area (Å²) >= 11 is 6.36. The van der Waals surface area contributed by atoms with Gasteiger partial charge < -0.3 is 10.6 Å². The van der Waals surface area contributed by atoms with Crippen LogP contribution in [0.2, 0.25) is 5.02 Å². The molecule has 0 heterocycles. The minimum Gasteiger partial charge on any atom is -0.380 e. The van der Waals surface area contributed by atoms with Crippen LogP contribution in [0.1, 0.15) is 29.8 Å². The highest BCUT2D eigenvalue weighted by atomic mass is 35.5. The van der Waals surface area contributed by atoms with E-state index in [2.05, 4.69) is 10.6 Å². The minimum atomic E-state index is -3.59. The molecule has 30 heavy (non-hydrogen) atoms. The van der Waals surface area contributed by atoms with Crippen molar-refractivity contribution in [1.82, 2.24) is 0 Å². The van der Waals surface area contributed by atoms with Gasteiger partial charge in [-0.15, -0.1) is 0 Å². The van der Waals surface area contributed by atoms with Crippen LogP contribution in [-0.2, 0) is 16.4 Å². The highest BCUT2D eigenvalue weighted by molar-refractivity contribution is 7.92. The van der Waals surface area contributed by atoms with Gasteiger partial charge in [-0.3, -0.25) is 4.79 Å². The minimum absolute atomic E-state index is 0.0183. The molecule has 0 spiro atoms. The summed E-state index contributed by atoms with van der Waals surface area (Å²) in [5, 5.41) is 5.82. The molecule has 2 N–H and O–H groups in total. The third-order valence-electron chi connectivity index (χ3n) is 4.61. The molecule has 0 fully saturated rings. The molecule has 0 radical (unpaired) electrons. The Morgan fingerprint density at radius 2 is 1.63 bits per heavy atom. The molecule has 0 bridgehead atoms. The topological polar surface area (TPSA) is 75.3 Å². The van der Waals surface area contributed by atoms with E-state index in [1.54, 1.807) is 44.2 Å². The zero-order chi connectivity index (χ0) is 21.7. The summed E-state index contributed by atoms with van der Waals surface area (Å²) in [6.45, 7) is 3.79. The van der Waals surface area contributed by atoms with Gasteiger partial charge in [0.2, 0.25) is 0 Å². The number of rotatable bonds is 7. The molecule has 0 saturated heterocycles. The molecule has 0 aromatic heterocycles. The zero-order valence-corrected chi connectivity index (χ0v) is 18.3. The van der Waals surface area contributed by atoms with Crippen molar-refractivity contribution < 1.29 is 13.2 Å². The first-order chi connectivity index (χ1) is 14.3. The van der Waals surface area contributed by atoms with E-state index >= 15 is 0 Å². The molecule has 3 aromatic carbocycles. The summed E-state index contributed by atoms with van der Waals surface area (Å²) in [5.74, 6) is -0.504. The number of nitrogens with one attached hydrogen (secondary N) is 2. The van der Waals surface area contributed by atoms with Gasteiger partial charge in [0, 0.05) is 12.2 Å². The SMILES string of the molecule is CC(C)S(=O)(=O)c1ccccc1C(=O)Nc1ccc(NCc2ccccc2)c(Cl)c1. The predicted molar refractivity (Wildman–Crippen MR) is 122 cm³/mol. The van der Waals surface area contributed by atoms with Crippen LogP contribution in [0.5, 0.6) is 0 Å². The number of benzene rings is 3. The Hall–Kier alpha value is -2.83. The molecule has 0 aliphatic heterocycles. The second-order valence-corrected chi connectivity index (χ2v) is 9.96. The number of sulfone groups is 1. The van der Waals surface area contributed by atoms with Crippen molar-refractivity contribution in [2.45, 2.75) is 30.5 Å². The molecule has 0 aliphatic rings. The van der Waals surface area contributed by atoms with Crippen LogP contribution < -0.4 is 10.6 Å². The fourth-order valence-corrected chi connectivity index (χ4v) is 4.37. The van der Waals surface area contributed by atoms with Crippen molar-refractivity contribution in [3.05, 3.63) is 88.9 Å². The van der Waals surface area contributed by atoms with Gasteiger partial charge in [-0.05, 0) is 49.7 Å². The third kappa shape index (κ3) is 5.01. The Kier molecular flexibility index (Phi) is 6.80. The maximum Gasteiger partial charge on any atom is 0.256 e. The zero-order valence-electron chi connectivity index (χ0n) is 16.7. The Labute approximate surface area is 182 Å². The van der Waals surface area contributed by atoms with E-state index in [0.717, 1.165) is 11.3 Å². The average molecular weight is 443 g/mol. The first kappa shape index (κ1) is 21.9. The fraction of sp³-hybridized carbons (Fsp3) is 0.174. The number of carbonyl (C=O) groups excluding carboxylic acids is 1. The summed E-state index contributed by atoms with van der Waals surface area (Å²) in [7, 11) is -3.59. The monoisotopic (exact) mass is 442 g/mol. The highest BCUT2D eigenvalue weighted by Crippen LogP contribution is 2.27. The first-order valence-electron chi connectivity index (χ1n) is 9.50. The maximum atomic E-state index is 12.8. The van der Waals surface area contributed by atoms with Gasteiger partial charge in [-0.2, -0.15) is 0 Å². The Morgan fingerprint density at radius 3 is 2.30 bits per heavy atom. The lowest BCUT2D eigenvalue weighted by Gasteiger charge is -2.14. The predicted octanol–water partition coefficient (Wildman–Crippen LogP) is 5.39. The molecule has 3 rings (SSSR count). The van der Waals surface area contributed by atoms with Crippen molar-refractivity contribution in [3.8, 4) is 0 Å². The van der Waals surface area contributed by atoms with E-state index in [0.29, 0.717) is 17.3 Å². The summed E-state index contributed by atoms with van der Waals surface area (Å²) < 4.78 is 25.2. The number of carbonyl (C=O) groups is 1. The molecular formula is C23H23ClN2O3S. The largest absolute Gasteiger partial charge is 0.380 e. The van der Waals surface area contributed by atoms with E-state index in [1.165, 1.54) is 12.1 Å². The van der Waals surface area contributed by atoms with Crippen LogP contribution >= 0.6 is 11.6 Å². The van der Waals surface area contributed by atoms with Crippen LogP contribution in [0.3, 0.4) is 0 Å². The van der Waals surface area contributed by atoms with Crippen LogP contribution in [0.4, 0.5) is 11.4 Å². The van der Waals surface area contributed by atoms with E-state index in [-0.39, 0.29) is 10.5 Å². The van der Waals surface area contributed by atoms with Gasteiger partial charge in [-0.25, -0.2) is 8.42 Å². The Bertz CT molecular complexity index is 1150. The number of halogens is 1. The lowest BCUT2D eigenvalue weighted by molar-refractivity contribution is 0.102. The normalized spacial score (nSPS) is 11.3. The summed E-state index contributed by atoms with van der Waals surface area (Å²) in [6.07, 6.45) is 0. The smallest absolute Gasteiger partial charge is 0.256 e. The lowest BCUT2D eigenvalue weighted by atomic mass is 10.2. The quantitative estimate of drug-likeness (QED) is 0.514. The number of hydrogen-bond donors (Lipinski definition) is 2. The van der Waals surface area contributed by atoms with Gasteiger partial charge in [0.05, 0.1) is 26.4 Å². The Morgan fingerprint density at radius 1 is 0.967 bits per heavy atom. The molecular weight excluding hydrogens is 420 g/mol. The molecule has 3 aromatic rings. The van der Waals surface area contributed by atoms with E-state index < -0.39 is 21.0 Å². The van der Waals surface area contributed by atoms with Gasteiger partial charge in [0.25, 0.3) is 5.91 Å². The second kappa shape index (κ2) is 9.32. The summed E-state index contributed by atoms with van der Waals surface area (Å²) in [4.78, 5) is 12.8. The number of amides is 1. The molecule has 0 aliphatic carbocycles. The van der Waals surface area contributed by atoms with E-state index in [1.807, 2.05) is 30.3 Å². The molecule has 0 unspecified atom stereocenters. The van der Waals surface area contributed by atoms with Gasteiger partial charge >= 0.3 is 0 Å². The van der Waals surface area contributed by atoms with E-state index in [9.17, 15) is 13.2 Å². The van der Waals surface area contributed by atoms with Crippen molar-refractivity contribution in [3.63, 3.8) is 0 Å². The molecule has 0 atom stereocenters. The number of anilines is 2. The summed E-state index contributed by atoms with van der Waals surface area (Å²) in [5.41, 5.74) is 2.44. The standard InChI is InChI=1S/C23H23ClN2O3S/c1-16(2)30(28,29)22-11-7-6-10-19(22)23(27)26-18-12-13-21(20(24)14-18)25-15-17-8-4-3-5-9-17/h3-14,16,25H,15H2,1-2H3,(H,26,27). The highest BCUT2D eigenvalue weighted by Gasteiger charge is 2.25. The molecule has 5 nitrogen and oxygen atoms in total. The van der Waals surface area contributed by atoms with Crippen molar-refractivity contribution in [1.29, 1.82) is 0 Å². The van der Waals surface area contributed by atoms with Crippen LogP contribution in [0.15, 0.2) is 77.7 Å². The Balaban J connectivity index is 1.76. The van der Waals surface area contributed by atoms with Crippen molar-refractivity contribution in [2.24, 2.45) is 0 Å². The van der Waals surface area contributed by atoms with Gasteiger partial charge in [0.15, 0.2) is 9.84 Å². The second-order valence-electron chi connectivity index (χ2n) is 7.08. The van der Waals surface area contributed by atoms with E-state index in [4.69, 9.17) is 11.6 Å². The maximum absolute atomic E-state index is 12.8. The molecule has 1 amide bonds. The molecule has 156 valence electrons. The van der Waals surface area contributed by atoms with Crippen molar-refractivity contribution >= 4 is 38.7 Å². The lowest BCUT2D eigenvalue weighted by Crippen LogP contribution is -2.20. The first-order valence-corrected chi connectivity index (χ1v) is 11.4. The van der Waals surface area contributed by atoms with Gasteiger partial charge in [0.1, 0.15) is 0 Å².